The molecule has 0 bridgehead atoms. The van der Waals surface area contributed by atoms with Crippen LogP contribution in [0.5, 0.6) is 11.5 Å². The summed E-state index contributed by atoms with van der Waals surface area (Å²) in [5, 5.41) is 23.3. The van der Waals surface area contributed by atoms with Crippen LogP contribution >= 0.6 is 0 Å². The zero-order valence-electron chi connectivity index (χ0n) is 16.6. The number of phenolic OH excluding ortho intramolecular Hbond substituents is 2. The quantitative estimate of drug-likeness (QED) is 0.150. The molecule has 0 radical (unpaired) electrons. The molecule has 0 atom stereocenters. The first-order valence-corrected chi connectivity index (χ1v) is 9.80. The van der Waals surface area contributed by atoms with Gasteiger partial charge in [-0.1, -0.05) is 24.3 Å². The SMILES string of the molecule is O=C1c2ccccc2C(=O)c2c3c(c(O)c(O)c21)CNC=C3.O=S([O-])[O-].O=S([O-])[O-].[Na+].[Na+]. The second kappa shape index (κ2) is 13.7. The van der Waals surface area contributed by atoms with E-state index < -0.39 is 34.3 Å². The van der Waals surface area contributed by atoms with Gasteiger partial charge in [-0.15, -0.1) is 22.7 Å². The molecule has 0 aromatic heterocycles. The maximum absolute atomic E-state index is 12.8. The zero-order chi connectivity index (χ0) is 22.6. The molecule has 32 heavy (non-hydrogen) atoms. The molecule has 0 amide bonds. The number of ketones is 2. The number of hydrogen-bond donors (Lipinski definition) is 3. The van der Waals surface area contributed by atoms with Crippen molar-refractivity contribution in [2.24, 2.45) is 0 Å². The first-order chi connectivity index (χ1) is 14.1. The summed E-state index contributed by atoms with van der Waals surface area (Å²) in [6.07, 6.45) is 3.29. The fraction of sp³-hybridized carbons (Fsp3) is 0.0588. The molecular formula is C17H11NNa2O10S2-2. The minimum absolute atomic E-state index is 0. The Balaban J connectivity index is 0.000000841. The third kappa shape index (κ3) is 7.03. The molecule has 0 saturated carbocycles. The van der Waals surface area contributed by atoms with E-state index in [1.165, 1.54) is 0 Å². The van der Waals surface area contributed by atoms with Crippen molar-refractivity contribution in [2.75, 3.05) is 0 Å². The average molecular weight is 499 g/mol. The number of carbonyl (C=O) groups excluding carboxylic acids is 2. The molecule has 160 valence electrons. The van der Waals surface area contributed by atoms with Crippen molar-refractivity contribution in [3.05, 3.63) is 63.8 Å². The third-order valence-electron chi connectivity index (χ3n) is 4.11. The van der Waals surface area contributed by atoms with Gasteiger partial charge in [0.25, 0.3) is 0 Å². The molecule has 2 aromatic rings. The standard InChI is InChI=1S/C17H11NO4.2Na.2H2O3S/c19-14-9-3-1-2-4-10(9)15(20)13-12(14)8-5-6-18-7-11(8)16(21)17(13)22;;;2*1-4(2)3/h1-6,18,21-22H,7H2;;;2*(H2,1,2,3)/q;2*+1;;/p-4. The molecule has 0 unspecified atom stereocenters. The van der Waals surface area contributed by atoms with Gasteiger partial charge in [0.05, 0.1) is 5.56 Å². The summed E-state index contributed by atoms with van der Waals surface area (Å²) >= 11 is -6.22. The van der Waals surface area contributed by atoms with E-state index in [-0.39, 0.29) is 93.9 Å². The van der Waals surface area contributed by atoms with Crippen molar-refractivity contribution >= 4 is 40.4 Å². The third-order valence-corrected chi connectivity index (χ3v) is 4.11. The molecular weight excluding hydrogens is 488 g/mol. The van der Waals surface area contributed by atoms with E-state index >= 15 is 0 Å². The van der Waals surface area contributed by atoms with Crippen molar-refractivity contribution in [3.8, 4) is 11.5 Å². The van der Waals surface area contributed by atoms with Crippen LogP contribution in [0.2, 0.25) is 0 Å². The van der Waals surface area contributed by atoms with Gasteiger partial charge in [0.2, 0.25) is 0 Å². The molecule has 0 saturated heterocycles. The van der Waals surface area contributed by atoms with Gasteiger partial charge < -0.3 is 33.7 Å². The van der Waals surface area contributed by atoms with Crippen LogP contribution in [0.25, 0.3) is 6.08 Å². The van der Waals surface area contributed by atoms with Gasteiger partial charge in [0.1, 0.15) is 0 Å². The summed E-state index contributed by atoms with van der Waals surface area (Å²) in [7, 11) is 0. The first-order valence-electron chi connectivity index (χ1n) is 7.80. The van der Waals surface area contributed by atoms with Crippen LogP contribution in [0.1, 0.15) is 43.0 Å². The van der Waals surface area contributed by atoms with Gasteiger partial charge >= 0.3 is 59.1 Å². The van der Waals surface area contributed by atoms with Crippen molar-refractivity contribution in [3.63, 3.8) is 0 Å². The smallest absolute Gasteiger partial charge is 0.784 e. The van der Waals surface area contributed by atoms with E-state index in [1.54, 1.807) is 36.5 Å². The Morgan fingerprint density at radius 1 is 0.812 bits per heavy atom. The number of benzene rings is 2. The van der Waals surface area contributed by atoms with Crippen molar-refractivity contribution in [1.29, 1.82) is 0 Å². The predicted molar refractivity (Wildman–Crippen MR) is 98.3 cm³/mol. The van der Waals surface area contributed by atoms with Crippen LogP contribution < -0.4 is 64.4 Å². The van der Waals surface area contributed by atoms with Gasteiger partial charge in [-0.25, -0.2) is 0 Å². The molecule has 2 aliphatic rings. The summed E-state index contributed by atoms with van der Waals surface area (Å²) in [6.45, 7) is 0.279. The van der Waals surface area contributed by atoms with E-state index in [1.807, 2.05) is 0 Å². The number of phenols is 2. The number of fused-ring (bicyclic) bond motifs is 4. The number of carbonyl (C=O) groups is 2. The van der Waals surface area contributed by atoms with Crippen molar-refractivity contribution in [2.45, 2.75) is 6.54 Å². The molecule has 1 heterocycles. The van der Waals surface area contributed by atoms with Gasteiger partial charge in [-0.05, 0) is 17.8 Å². The second-order valence-electron chi connectivity index (χ2n) is 5.67. The van der Waals surface area contributed by atoms with E-state index in [0.717, 1.165) is 0 Å². The molecule has 3 N–H and O–H groups in total. The van der Waals surface area contributed by atoms with E-state index in [4.69, 9.17) is 26.6 Å². The molecule has 2 aromatic carbocycles. The number of hydrogen-bond acceptors (Lipinski definition) is 11. The Hall–Kier alpha value is -0.940. The Bertz CT molecular complexity index is 1090. The van der Waals surface area contributed by atoms with Crippen molar-refractivity contribution in [1.82, 2.24) is 5.32 Å². The second-order valence-corrected chi connectivity index (χ2v) is 6.48. The van der Waals surface area contributed by atoms with Crippen LogP contribution in [0.15, 0.2) is 30.5 Å². The monoisotopic (exact) mass is 499 g/mol. The first kappa shape index (κ1) is 31.1. The van der Waals surface area contributed by atoms with Gasteiger partial charge in [0, 0.05) is 28.8 Å². The van der Waals surface area contributed by atoms with Crippen LogP contribution in [0.4, 0.5) is 0 Å². The minimum Gasteiger partial charge on any atom is -0.784 e. The fourth-order valence-corrected chi connectivity index (χ4v) is 3.06. The number of aromatic hydroxyl groups is 2. The van der Waals surface area contributed by atoms with Gasteiger partial charge in [-0.3, -0.25) is 18.0 Å². The summed E-state index contributed by atoms with van der Waals surface area (Å²) < 4.78 is 50.7. The van der Waals surface area contributed by atoms with E-state index in [2.05, 4.69) is 5.32 Å². The predicted octanol–water partition coefficient (Wildman–Crippen LogP) is -6.05. The number of nitrogens with one attached hydrogen (secondary N) is 1. The van der Waals surface area contributed by atoms with Crippen LogP contribution in [0, 0.1) is 0 Å². The van der Waals surface area contributed by atoms with Crippen molar-refractivity contribution < 1.29 is 106 Å². The van der Waals surface area contributed by atoms with Crippen LogP contribution in [-0.2, 0) is 29.3 Å². The molecule has 0 spiro atoms. The topological polar surface area (TPSA) is 213 Å². The largest absolute Gasteiger partial charge is 1.00 e. The fourth-order valence-electron chi connectivity index (χ4n) is 3.06. The molecule has 1 aliphatic heterocycles. The summed E-state index contributed by atoms with van der Waals surface area (Å²) in [6, 6.07) is 6.50. The summed E-state index contributed by atoms with van der Waals surface area (Å²) in [4.78, 5) is 25.4. The van der Waals surface area contributed by atoms with E-state index in [0.29, 0.717) is 16.7 Å². The van der Waals surface area contributed by atoms with Gasteiger partial charge in [-0.2, -0.15) is 0 Å². The molecule has 4 rings (SSSR count). The summed E-state index contributed by atoms with van der Waals surface area (Å²) in [5.41, 5.74) is 1.50. The average Bonchev–Trinajstić information content (AvgIpc) is 2.68. The van der Waals surface area contributed by atoms with Crippen LogP contribution in [-0.4, -0.2) is 48.4 Å². The Kier molecular flexibility index (Phi) is 13.3. The maximum atomic E-state index is 12.8. The Labute approximate surface area is 231 Å². The van der Waals surface area contributed by atoms with Crippen LogP contribution in [0.3, 0.4) is 0 Å². The maximum Gasteiger partial charge on any atom is 1.00 e. The molecule has 15 heteroatoms. The normalized spacial score (nSPS) is 12.4. The van der Waals surface area contributed by atoms with Gasteiger partial charge in [0.15, 0.2) is 23.1 Å². The molecule has 0 fully saturated rings. The molecule has 11 nitrogen and oxygen atoms in total. The van der Waals surface area contributed by atoms with E-state index in [9.17, 15) is 19.8 Å². The molecule has 1 aliphatic carbocycles. The zero-order valence-corrected chi connectivity index (χ0v) is 22.3. The Morgan fingerprint density at radius 2 is 1.25 bits per heavy atom. The minimum atomic E-state index is -3.11. The Morgan fingerprint density at radius 3 is 1.72 bits per heavy atom. The summed E-state index contributed by atoms with van der Waals surface area (Å²) in [5.74, 6) is -1.65. The number of rotatable bonds is 0.